The maximum absolute atomic E-state index is 10.4. The predicted molar refractivity (Wildman–Crippen MR) is 153 cm³/mol. The van der Waals surface area contributed by atoms with Gasteiger partial charge in [-0.3, -0.25) is 4.90 Å². The third kappa shape index (κ3) is 5.71. The van der Waals surface area contributed by atoms with Crippen LogP contribution in [0.25, 0.3) is 11.4 Å². The smallest absolute Gasteiger partial charge is 0.231 e. The molecule has 3 aliphatic heterocycles. The second kappa shape index (κ2) is 11.5. The van der Waals surface area contributed by atoms with Gasteiger partial charge in [0.25, 0.3) is 0 Å². The maximum atomic E-state index is 10.4. The average molecular weight is 530 g/mol. The fourth-order valence-corrected chi connectivity index (χ4v) is 6.23. The number of phenolic OH excluding ortho intramolecular Hbond substituents is 1. The number of piperazine rings is 1. The van der Waals surface area contributed by atoms with Crippen molar-refractivity contribution in [2.75, 3.05) is 75.8 Å². The summed E-state index contributed by atoms with van der Waals surface area (Å²) in [5.74, 6) is 2.73. The number of phenols is 1. The highest BCUT2D eigenvalue weighted by Gasteiger charge is 2.31. The Morgan fingerprint density at radius 1 is 0.846 bits per heavy atom. The first kappa shape index (κ1) is 26.0. The minimum Gasteiger partial charge on any atom is -0.508 e. The molecule has 0 saturated carbocycles. The van der Waals surface area contributed by atoms with Gasteiger partial charge in [0.15, 0.2) is 5.82 Å². The SMILES string of the molecule is CN1CCC(CN2CCN(c3nc(-c4cccc(O)c4)nc(N4CCc5ccccc5C4CO)n3)CC2)CC1. The van der Waals surface area contributed by atoms with Crippen LogP contribution in [0.4, 0.5) is 11.9 Å². The van der Waals surface area contributed by atoms with E-state index in [1.807, 2.05) is 18.2 Å². The Morgan fingerprint density at radius 3 is 2.38 bits per heavy atom. The molecule has 2 N–H and O–H groups in total. The Balaban J connectivity index is 1.26. The van der Waals surface area contributed by atoms with E-state index in [4.69, 9.17) is 15.0 Å². The number of likely N-dealkylation sites (tertiary alicyclic amines) is 1. The van der Waals surface area contributed by atoms with Gasteiger partial charge in [0.2, 0.25) is 11.9 Å². The molecular formula is C30H39N7O2. The zero-order valence-corrected chi connectivity index (χ0v) is 22.8. The van der Waals surface area contributed by atoms with Crippen LogP contribution in [0.1, 0.15) is 30.0 Å². The molecule has 2 saturated heterocycles. The predicted octanol–water partition coefficient (Wildman–Crippen LogP) is 2.80. The van der Waals surface area contributed by atoms with Gasteiger partial charge in [-0.25, -0.2) is 0 Å². The van der Waals surface area contributed by atoms with Crippen molar-refractivity contribution < 1.29 is 10.2 Å². The number of anilines is 2. The first-order chi connectivity index (χ1) is 19.1. The summed E-state index contributed by atoms with van der Waals surface area (Å²) in [6.07, 6.45) is 3.43. The lowest BCUT2D eigenvalue weighted by molar-refractivity contribution is 0.155. The fraction of sp³-hybridized carbons (Fsp3) is 0.500. The fourth-order valence-electron chi connectivity index (χ4n) is 6.23. The van der Waals surface area contributed by atoms with Gasteiger partial charge in [-0.1, -0.05) is 36.4 Å². The number of nitrogens with zero attached hydrogens (tertiary/aromatic N) is 7. The summed E-state index contributed by atoms with van der Waals surface area (Å²) in [5, 5.41) is 20.6. The van der Waals surface area contributed by atoms with Crippen LogP contribution in [0, 0.1) is 5.92 Å². The molecule has 39 heavy (non-hydrogen) atoms. The van der Waals surface area contributed by atoms with Crippen molar-refractivity contribution in [3.8, 4) is 17.1 Å². The van der Waals surface area contributed by atoms with E-state index in [-0.39, 0.29) is 18.4 Å². The second-order valence-corrected chi connectivity index (χ2v) is 11.2. The summed E-state index contributed by atoms with van der Waals surface area (Å²) in [5.41, 5.74) is 3.13. The number of aliphatic hydroxyl groups is 1. The quantitative estimate of drug-likeness (QED) is 0.500. The number of rotatable bonds is 6. The number of hydrogen-bond acceptors (Lipinski definition) is 9. The number of aromatic hydroxyl groups is 1. The highest BCUT2D eigenvalue weighted by molar-refractivity contribution is 5.61. The highest BCUT2D eigenvalue weighted by atomic mass is 16.3. The first-order valence-electron chi connectivity index (χ1n) is 14.2. The molecule has 2 aromatic carbocycles. The second-order valence-electron chi connectivity index (χ2n) is 11.2. The van der Waals surface area contributed by atoms with Crippen LogP contribution >= 0.6 is 0 Å². The van der Waals surface area contributed by atoms with Gasteiger partial charge in [-0.2, -0.15) is 15.0 Å². The van der Waals surface area contributed by atoms with Gasteiger partial charge < -0.3 is 24.9 Å². The standard InChI is InChI=1S/C30H39N7O2/c1-34-12-9-22(10-13-34)20-35-15-17-36(18-16-35)29-31-28(24-6-4-7-25(39)19-24)32-30(33-29)37-14-11-23-5-2-3-8-26(23)27(37)21-38/h2-8,19,22,27,38-39H,9-18,20-21H2,1H3. The third-order valence-corrected chi connectivity index (χ3v) is 8.57. The molecular weight excluding hydrogens is 490 g/mol. The van der Waals surface area contributed by atoms with Crippen LogP contribution in [-0.2, 0) is 6.42 Å². The Hall–Kier alpha value is -3.27. The summed E-state index contributed by atoms with van der Waals surface area (Å²) in [4.78, 5) is 24.1. The van der Waals surface area contributed by atoms with E-state index in [0.717, 1.165) is 56.2 Å². The van der Waals surface area contributed by atoms with E-state index in [0.29, 0.717) is 17.7 Å². The summed E-state index contributed by atoms with van der Waals surface area (Å²) < 4.78 is 0. The minimum absolute atomic E-state index is 0.0187. The van der Waals surface area contributed by atoms with Gasteiger partial charge in [0.1, 0.15) is 5.75 Å². The molecule has 3 aromatic rings. The lowest BCUT2D eigenvalue weighted by Gasteiger charge is -2.39. The third-order valence-electron chi connectivity index (χ3n) is 8.57. The Kier molecular flexibility index (Phi) is 7.63. The molecule has 0 spiro atoms. The van der Waals surface area contributed by atoms with Crippen LogP contribution in [0.15, 0.2) is 48.5 Å². The summed E-state index contributed by atoms with van der Waals surface area (Å²) in [6, 6.07) is 15.1. The van der Waals surface area contributed by atoms with Gasteiger partial charge in [-0.15, -0.1) is 0 Å². The number of aromatic nitrogens is 3. The van der Waals surface area contributed by atoms with E-state index >= 15 is 0 Å². The Morgan fingerprint density at radius 2 is 1.62 bits per heavy atom. The Labute approximate surface area is 230 Å². The minimum atomic E-state index is -0.214. The molecule has 2 fully saturated rings. The molecule has 6 rings (SSSR count). The van der Waals surface area contributed by atoms with Gasteiger partial charge in [0.05, 0.1) is 12.6 Å². The van der Waals surface area contributed by atoms with Gasteiger partial charge in [-0.05, 0) is 68.6 Å². The molecule has 4 heterocycles. The number of piperidine rings is 1. The molecule has 1 unspecified atom stereocenters. The molecule has 0 bridgehead atoms. The number of benzene rings is 2. The van der Waals surface area contributed by atoms with Crippen molar-refractivity contribution in [1.29, 1.82) is 0 Å². The molecule has 206 valence electrons. The number of fused-ring (bicyclic) bond motifs is 1. The van der Waals surface area contributed by atoms with E-state index in [1.54, 1.807) is 12.1 Å². The van der Waals surface area contributed by atoms with Gasteiger partial charge >= 0.3 is 0 Å². The van der Waals surface area contributed by atoms with E-state index in [9.17, 15) is 10.2 Å². The van der Waals surface area contributed by atoms with Crippen molar-refractivity contribution in [3.63, 3.8) is 0 Å². The summed E-state index contributed by atoms with van der Waals surface area (Å²) >= 11 is 0. The van der Waals surface area contributed by atoms with Crippen LogP contribution in [0.5, 0.6) is 5.75 Å². The van der Waals surface area contributed by atoms with Crippen molar-refractivity contribution >= 4 is 11.9 Å². The monoisotopic (exact) mass is 529 g/mol. The number of hydrogen-bond donors (Lipinski definition) is 2. The Bertz CT molecular complexity index is 1270. The highest BCUT2D eigenvalue weighted by Crippen LogP contribution is 2.34. The van der Waals surface area contributed by atoms with Crippen LogP contribution in [0.2, 0.25) is 0 Å². The largest absolute Gasteiger partial charge is 0.508 e. The number of aliphatic hydroxyl groups excluding tert-OH is 1. The molecule has 9 heteroatoms. The molecule has 0 amide bonds. The summed E-state index contributed by atoms with van der Waals surface area (Å²) in [7, 11) is 2.22. The average Bonchev–Trinajstić information content (AvgIpc) is 2.98. The van der Waals surface area contributed by atoms with Crippen LogP contribution < -0.4 is 9.80 Å². The van der Waals surface area contributed by atoms with E-state index in [2.05, 4.69) is 44.8 Å². The maximum Gasteiger partial charge on any atom is 0.231 e. The van der Waals surface area contributed by atoms with Crippen molar-refractivity contribution in [2.45, 2.75) is 25.3 Å². The zero-order chi connectivity index (χ0) is 26.8. The van der Waals surface area contributed by atoms with Crippen LogP contribution in [-0.4, -0.2) is 101 Å². The van der Waals surface area contributed by atoms with E-state index < -0.39 is 0 Å². The topological polar surface area (TPSA) is 92.1 Å². The zero-order valence-electron chi connectivity index (χ0n) is 22.8. The first-order valence-corrected chi connectivity index (χ1v) is 14.2. The molecule has 0 aliphatic carbocycles. The van der Waals surface area contributed by atoms with Crippen molar-refractivity contribution in [2.24, 2.45) is 5.92 Å². The molecule has 1 atom stereocenters. The lowest BCUT2D eigenvalue weighted by Crippen LogP contribution is -2.49. The summed E-state index contributed by atoms with van der Waals surface area (Å²) in [6.45, 7) is 7.98. The van der Waals surface area contributed by atoms with Gasteiger partial charge in [0, 0.05) is 44.8 Å². The van der Waals surface area contributed by atoms with Crippen LogP contribution in [0.3, 0.4) is 0 Å². The normalized spacial score (nSPS) is 21.2. The van der Waals surface area contributed by atoms with Crippen molar-refractivity contribution in [1.82, 2.24) is 24.8 Å². The van der Waals surface area contributed by atoms with Crippen molar-refractivity contribution in [3.05, 3.63) is 59.7 Å². The molecule has 9 nitrogen and oxygen atoms in total. The lowest BCUT2D eigenvalue weighted by atomic mass is 9.93. The molecule has 1 aromatic heterocycles. The molecule has 3 aliphatic rings. The van der Waals surface area contributed by atoms with E-state index in [1.165, 1.54) is 38.0 Å². The molecule has 0 radical (unpaired) electrons.